The Bertz CT molecular complexity index is 1270. The third kappa shape index (κ3) is 5.19. The van der Waals surface area contributed by atoms with Crippen LogP contribution in [0.25, 0.3) is 0 Å². The molecule has 0 spiro atoms. The number of amides is 2. The first kappa shape index (κ1) is 21.6. The molecule has 1 aromatic heterocycles. The van der Waals surface area contributed by atoms with Gasteiger partial charge in [0.25, 0.3) is 11.8 Å². The standard InChI is InChI=1S/C25H22N4O4/c1-29-16-20(25(28-29)32-2)24(31)26-18-14-12-17(13-15-18)23(30)27-21-10-6-7-11-22(21)33-19-8-4-3-5-9-19/h3-16H,1-2H3,(H,26,31)(H,27,30). The summed E-state index contributed by atoms with van der Waals surface area (Å²) in [5.74, 6) is 0.785. The van der Waals surface area contributed by atoms with E-state index >= 15 is 0 Å². The summed E-state index contributed by atoms with van der Waals surface area (Å²) in [5.41, 5.74) is 1.83. The molecule has 3 aromatic carbocycles. The van der Waals surface area contributed by atoms with Crippen LogP contribution in [0.1, 0.15) is 20.7 Å². The van der Waals surface area contributed by atoms with E-state index < -0.39 is 0 Å². The van der Waals surface area contributed by atoms with Crippen LogP contribution in [0.4, 0.5) is 11.4 Å². The number of nitrogens with one attached hydrogen (secondary N) is 2. The van der Waals surface area contributed by atoms with Crippen LogP contribution in [-0.4, -0.2) is 28.7 Å². The Morgan fingerprint density at radius 1 is 0.848 bits per heavy atom. The normalized spacial score (nSPS) is 10.4. The predicted octanol–water partition coefficient (Wildman–Crippen LogP) is 4.73. The lowest BCUT2D eigenvalue weighted by molar-refractivity contribution is 0.101. The van der Waals surface area contributed by atoms with Crippen LogP contribution >= 0.6 is 0 Å². The summed E-state index contributed by atoms with van der Waals surface area (Å²) in [4.78, 5) is 25.3. The van der Waals surface area contributed by atoms with Crippen LogP contribution < -0.4 is 20.1 Å². The topological polar surface area (TPSA) is 94.5 Å². The average Bonchev–Trinajstić information content (AvgIpc) is 3.22. The van der Waals surface area contributed by atoms with Crippen LogP contribution in [-0.2, 0) is 7.05 Å². The van der Waals surface area contributed by atoms with Gasteiger partial charge < -0.3 is 20.1 Å². The minimum atomic E-state index is -0.357. The Kier molecular flexibility index (Phi) is 6.36. The second-order valence-electron chi connectivity index (χ2n) is 7.12. The fraction of sp³-hybridized carbons (Fsp3) is 0.0800. The van der Waals surface area contributed by atoms with E-state index in [0.29, 0.717) is 34.0 Å². The molecular formula is C25H22N4O4. The first-order chi connectivity index (χ1) is 16.0. The van der Waals surface area contributed by atoms with Crippen molar-refractivity contribution in [2.24, 2.45) is 7.05 Å². The fourth-order valence-corrected chi connectivity index (χ4v) is 3.15. The SMILES string of the molecule is COc1nn(C)cc1C(=O)Nc1ccc(C(=O)Nc2ccccc2Oc2ccccc2)cc1. The van der Waals surface area contributed by atoms with E-state index in [4.69, 9.17) is 9.47 Å². The van der Waals surface area contributed by atoms with Gasteiger partial charge in [-0.2, -0.15) is 0 Å². The molecular weight excluding hydrogens is 420 g/mol. The van der Waals surface area contributed by atoms with Crippen molar-refractivity contribution in [3.8, 4) is 17.4 Å². The van der Waals surface area contributed by atoms with Crippen molar-refractivity contribution in [3.63, 3.8) is 0 Å². The van der Waals surface area contributed by atoms with E-state index in [9.17, 15) is 9.59 Å². The third-order valence-corrected chi connectivity index (χ3v) is 4.74. The number of para-hydroxylation sites is 3. The lowest BCUT2D eigenvalue weighted by Crippen LogP contribution is -2.14. The highest BCUT2D eigenvalue weighted by Gasteiger charge is 2.17. The molecule has 4 rings (SSSR count). The molecule has 0 saturated carbocycles. The highest BCUT2D eigenvalue weighted by Crippen LogP contribution is 2.29. The number of aryl methyl sites for hydroxylation is 1. The Hall–Kier alpha value is -4.59. The molecule has 0 unspecified atom stereocenters. The van der Waals surface area contributed by atoms with Gasteiger partial charge >= 0.3 is 0 Å². The summed E-state index contributed by atoms with van der Waals surface area (Å²) in [6.45, 7) is 0. The summed E-state index contributed by atoms with van der Waals surface area (Å²) in [7, 11) is 3.16. The van der Waals surface area contributed by atoms with E-state index in [2.05, 4.69) is 15.7 Å². The van der Waals surface area contributed by atoms with Crippen molar-refractivity contribution in [2.45, 2.75) is 0 Å². The molecule has 4 aromatic rings. The summed E-state index contributed by atoms with van der Waals surface area (Å²) in [5, 5.41) is 9.72. The minimum Gasteiger partial charge on any atom is -0.479 e. The maximum Gasteiger partial charge on any atom is 0.262 e. The van der Waals surface area contributed by atoms with Gasteiger partial charge in [0, 0.05) is 24.5 Å². The van der Waals surface area contributed by atoms with Gasteiger partial charge in [0.2, 0.25) is 5.88 Å². The molecule has 0 radical (unpaired) electrons. The fourth-order valence-electron chi connectivity index (χ4n) is 3.15. The summed E-state index contributed by atoms with van der Waals surface area (Å²) in [6, 6.07) is 23.1. The zero-order valence-electron chi connectivity index (χ0n) is 18.1. The lowest BCUT2D eigenvalue weighted by atomic mass is 10.1. The van der Waals surface area contributed by atoms with Gasteiger partial charge in [-0.3, -0.25) is 14.3 Å². The van der Waals surface area contributed by atoms with Crippen LogP contribution in [0.3, 0.4) is 0 Å². The number of benzene rings is 3. The number of hydrogen-bond acceptors (Lipinski definition) is 5. The van der Waals surface area contributed by atoms with E-state index in [0.717, 1.165) is 0 Å². The molecule has 1 heterocycles. The summed E-state index contributed by atoms with van der Waals surface area (Å²) < 4.78 is 12.5. The first-order valence-corrected chi connectivity index (χ1v) is 10.2. The quantitative estimate of drug-likeness (QED) is 0.432. The molecule has 8 nitrogen and oxygen atoms in total. The third-order valence-electron chi connectivity index (χ3n) is 4.74. The maximum atomic E-state index is 12.8. The zero-order valence-corrected chi connectivity index (χ0v) is 18.1. The van der Waals surface area contributed by atoms with Crippen LogP contribution in [0.15, 0.2) is 85.1 Å². The average molecular weight is 442 g/mol. The number of ether oxygens (including phenoxy) is 2. The Balaban J connectivity index is 1.43. The van der Waals surface area contributed by atoms with Gasteiger partial charge in [-0.15, -0.1) is 5.10 Å². The van der Waals surface area contributed by atoms with Gasteiger partial charge in [-0.1, -0.05) is 30.3 Å². The number of anilines is 2. The van der Waals surface area contributed by atoms with Crippen molar-refractivity contribution in [3.05, 3.63) is 96.2 Å². The van der Waals surface area contributed by atoms with E-state index in [-0.39, 0.29) is 17.7 Å². The number of methoxy groups -OCH3 is 1. The number of carbonyl (C=O) groups is 2. The highest BCUT2D eigenvalue weighted by molar-refractivity contribution is 6.07. The highest BCUT2D eigenvalue weighted by atomic mass is 16.5. The van der Waals surface area contributed by atoms with Crippen molar-refractivity contribution in [1.82, 2.24) is 9.78 Å². The van der Waals surface area contributed by atoms with E-state index in [1.54, 1.807) is 49.6 Å². The van der Waals surface area contributed by atoms with Crippen molar-refractivity contribution in [1.29, 1.82) is 0 Å². The molecule has 2 N–H and O–H groups in total. The summed E-state index contributed by atoms with van der Waals surface area (Å²) >= 11 is 0. The maximum absolute atomic E-state index is 12.8. The van der Waals surface area contributed by atoms with Gasteiger partial charge in [0.15, 0.2) is 5.75 Å². The molecule has 8 heteroatoms. The molecule has 0 saturated heterocycles. The van der Waals surface area contributed by atoms with Gasteiger partial charge in [0.1, 0.15) is 11.3 Å². The monoisotopic (exact) mass is 442 g/mol. The Morgan fingerprint density at radius 3 is 2.27 bits per heavy atom. The smallest absolute Gasteiger partial charge is 0.262 e. The molecule has 0 fully saturated rings. The Labute approximate surface area is 190 Å². The second-order valence-corrected chi connectivity index (χ2v) is 7.12. The molecule has 166 valence electrons. The molecule has 0 bridgehead atoms. The van der Waals surface area contributed by atoms with E-state index in [1.807, 2.05) is 42.5 Å². The summed E-state index contributed by atoms with van der Waals surface area (Å²) in [6.07, 6.45) is 1.57. The molecule has 2 amide bonds. The molecule has 0 aliphatic rings. The van der Waals surface area contributed by atoms with Crippen molar-refractivity contribution in [2.75, 3.05) is 17.7 Å². The number of rotatable bonds is 7. The number of carbonyl (C=O) groups excluding carboxylic acids is 2. The number of nitrogens with zero attached hydrogens (tertiary/aromatic N) is 2. The number of hydrogen-bond donors (Lipinski definition) is 2. The predicted molar refractivity (Wildman–Crippen MR) is 125 cm³/mol. The van der Waals surface area contributed by atoms with Crippen LogP contribution in [0, 0.1) is 0 Å². The van der Waals surface area contributed by atoms with Crippen LogP contribution in [0.5, 0.6) is 17.4 Å². The lowest BCUT2D eigenvalue weighted by Gasteiger charge is -2.12. The van der Waals surface area contributed by atoms with Crippen LogP contribution in [0.2, 0.25) is 0 Å². The number of aromatic nitrogens is 2. The van der Waals surface area contributed by atoms with Crippen molar-refractivity contribution < 1.29 is 19.1 Å². The molecule has 0 aliphatic carbocycles. The second kappa shape index (κ2) is 9.69. The van der Waals surface area contributed by atoms with Gasteiger partial charge in [0.05, 0.1) is 12.8 Å². The Morgan fingerprint density at radius 2 is 1.55 bits per heavy atom. The van der Waals surface area contributed by atoms with Crippen molar-refractivity contribution >= 4 is 23.2 Å². The van der Waals surface area contributed by atoms with E-state index in [1.165, 1.54) is 11.8 Å². The molecule has 0 atom stereocenters. The van der Waals surface area contributed by atoms with Gasteiger partial charge in [-0.25, -0.2) is 0 Å². The van der Waals surface area contributed by atoms with Gasteiger partial charge in [-0.05, 0) is 48.5 Å². The first-order valence-electron chi connectivity index (χ1n) is 10.2. The minimum absolute atomic E-state index is 0.238. The molecule has 33 heavy (non-hydrogen) atoms. The molecule has 0 aliphatic heterocycles. The zero-order chi connectivity index (χ0) is 23.2. The largest absolute Gasteiger partial charge is 0.479 e.